The van der Waals surface area contributed by atoms with Gasteiger partial charge in [0.2, 0.25) is 5.91 Å². The first kappa shape index (κ1) is 26.9. The van der Waals surface area contributed by atoms with Crippen molar-refractivity contribution in [2.45, 2.75) is 37.4 Å². The molecule has 0 bridgehead atoms. The van der Waals surface area contributed by atoms with Gasteiger partial charge in [0, 0.05) is 38.3 Å². The maximum atomic E-state index is 13.8. The van der Waals surface area contributed by atoms with Crippen molar-refractivity contribution in [3.05, 3.63) is 90.0 Å². The predicted molar refractivity (Wildman–Crippen MR) is 156 cm³/mol. The minimum atomic E-state index is -0.976. The first-order chi connectivity index (χ1) is 19.9. The van der Waals surface area contributed by atoms with Crippen LogP contribution in [0.15, 0.2) is 78.9 Å². The number of carbonyl (C=O) groups excluding carboxylic acids is 2. The van der Waals surface area contributed by atoms with E-state index in [1.807, 2.05) is 78.9 Å². The number of hydrogen-bond donors (Lipinski definition) is 2. The van der Waals surface area contributed by atoms with Gasteiger partial charge in [0.25, 0.3) is 5.91 Å². The number of nitrogens with one attached hydrogen (secondary N) is 1. The number of amides is 2. The molecule has 4 aromatic rings. The van der Waals surface area contributed by atoms with Crippen LogP contribution in [0.1, 0.15) is 47.5 Å². The Kier molecular flexibility index (Phi) is 7.43. The molecular weight excluding hydrogens is 520 g/mol. The molecular formula is C33H32N2O6. The highest BCUT2D eigenvalue weighted by atomic mass is 16.7. The Balaban J connectivity index is 1.27. The summed E-state index contributed by atoms with van der Waals surface area (Å²) < 4.78 is 11.6. The van der Waals surface area contributed by atoms with Crippen LogP contribution in [0.3, 0.4) is 0 Å². The van der Waals surface area contributed by atoms with Crippen molar-refractivity contribution in [3.8, 4) is 0 Å². The fraction of sp³-hybridized carbons (Fsp3) is 0.303. The van der Waals surface area contributed by atoms with Crippen molar-refractivity contribution >= 4 is 45.0 Å². The molecule has 2 N–H and O–H groups in total. The molecule has 0 aromatic heterocycles. The van der Waals surface area contributed by atoms with E-state index in [4.69, 9.17) is 9.47 Å². The second-order valence-electron chi connectivity index (χ2n) is 10.8. The van der Waals surface area contributed by atoms with E-state index >= 15 is 0 Å². The maximum absolute atomic E-state index is 13.8. The minimum absolute atomic E-state index is 0.0400. The summed E-state index contributed by atoms with van der Waals surface area (Å²) in [5, 5.41) is 16.3. The third-order valence-electron chi connectivity index (χ3n) is 8.13. The smallest absolute Gasteiger partial charge is 0.303 e. The molecule has 0 radical (unpaired) electrons. The average Bonchev–Trinajstić information content (AvgIpc) is 3.43. The zero-order valence-corrected chi connectivity index (χ0v) is 22.7. The van der Waals surface area contributed by atoms with E-state index in [1.54, 1.807) is 4.90 Å². The summed E-state index contributed by atoms with van der Waals surface area (Å²) in [6, 6.07) is 24.8. The summed E-state index contributed by atoms with van der Waals surface area (Å²) in [4.78, 5) is 40.9. The quantitative estimate of drug-likeness (QED) is 0.311. The average molecular weight is 553 g/mol. The molecule has 2 heterocycles. The SMILES string of the molecule is O=C(O)CC(CC(=O)Nc1cc2ccccc2cc1C(=O)N1CCC2(CC1)OCCO2)c1cccc2ccccc12. The highest BCUT2D eigenvalue weighted by molar-refractivity contribution is 6.08. The molecule has 2 amide bonds. The minimum Gasteiger partial charge on any atom is -0.481 e. The van der Waals surface area contributed by atoms with Crippen LogP contribution >= 0.6 is 0 Å². The van der Waals surface area contributed by atoms with Crippen molar-refractivity contribution in [2.24, 2.45) is 0 Å². The normalized spacial score (nSPS) is 17.1. The van der Waals surface area contributed by atoms with Crippen LogP contribution in [0.5, 0.6) is 0 Å². The van der Waals surface area contributed by atoms with Crippen LogP contribution in [-0.2, 0) is 19.1 Å². The number of hydrogen-bond acceptors (Lipinski definition) is 5. The van der Waals surface area contributed by atoms with Crippen molar-refractivity contribution in [1.82, 2.24) is 4.90 Å². The van der Waals surface area contributed by atoms with Crippen molar-refractivity contribution in [3.63, 3.8) is 0 Å². The third kappa shape index (κ3) is 5.66. The van der Waals surface area contributed by atoms with Crippen molar-refractivity contribution in [1.29, 1.82) is 0 Å². The molecule has 0 saturated carbocycles. The number of fused-ring (bicyclic) bond motifs is 2. The molecule has 2 aliphatic rings. The van der Waals surface area contributed by atoms with E-state index in [9.17, 15) is 19.5 Å². The van der Waals surface area contributed by atoms with Crippen molar-refractivity contribution < 1.29 is 29.0 Å². The molecule has 6 rings (SSSR count). The van der Waals surface area contributed by atoms with Gasteiger partial charge in [0.05, 0.1) is 30.9 Å². The first-order valence-electron chi connectivity index (χ1n) is 14.0. The number of ether oxygens (including phenoxy) is 2. The lowest BCUT2D eigenvalue weighted by molar-refractivity contribution is -0.181. The fourth-order valence-electron chi connectivity index (χ4n) is 6.06. The number of carbonyl (C=O) groups is 3. The van der Waals surface area contributed by atoms with Gasteiger partial charge in [-0.3, -0.25) is 14.4 Å². The topological polar surface area (TPSA) is 105 Å². The summed E-state index contributed by atoms with van der Waals surface area (Å²) in [6.07, 6.45) is 0.956. The summed E-state index contributed by atoms with van der Waals surface area (Å²) in [7, 11) is 0. The highest BCUT2D eigenvalue weighted by Gasteiger charge is 2.41. The second kappa shape index (κ2) is 11.3. The van der Waals surface area contributed by atoms with E-state index in [0.29, 0.717) is 50.4 Å². The molecule has 8 nitrogen and oxygen atoms in total. The summed E-state index contributed by atoms with van der Waals surface area (Å²) in [5.74, 6) is -2.63. The van der Waals surface area contributed by atoms with Crippen LogP contribution < -0.4 is 5.32 Å². The lowest BCUT2D eigenvalue weighted by atomic mass is 9.88. The summed E-state index contributed by atoms with van der Waals surface area (Å²) in [6.45, 7) is 2.11. The predicted octanol–water partition coefficient (Wildman–Crippen LogP) is 5.56. The number of carboxylic acid groups (broad SMARTS) is 1. The molecule has 8 heteroatoms. The molecule has 41 heavy (non-hydrogen) atoms. The van der Waals surface area contributed by atoms with Crippen molar-refractivity contribution in [2.75, 3.05) is 31.6 Å². The summed E-state index contributed by atoms with van der Waals surface area (Å²) >= 11 is 0. The van der Waals surface area contributed by atoms with E-state index in [0.717, 1.165) is 27.1 Å². The highest BCUT2D eigenvalue weighted by Crippen LogP contribution is 2.34. The van der Waals surface area contributed by atoms with Gasteiger partial charge in [-0.15, -0.1) is 0 Å². The van der Waals surface area contributed by atoms with E-state index in [1.165, 1.54) is 0 Å². The number of likely N-dealkylation sites (tertiary alicyclic amines) is 1. The Hall–Kier alpha value is -4.27. The van der Waals surface area contributed by atoms with Crippen LogP contribution in [0.4, 0.5) is 5.69 Å². The van der Waals surface area contributed by atoms with Crippen LogP contribution in [0, 0.1) is 0 Å². The molecule has 210 valence electrons. The number of rotatable bonds is 7. The summed E-state index contributed by atoms with van der Waals surface area (Å²) in [5.41, 5.74) is 1.63. The number of carboxylic acids is 1. The maximum Gasteiger partial charge on any atom is 0.303 e. The fourth-order valence-corrected chi connectivity index (χ4v) is 6.06. The van der Waals surface area contributed by atoms with Gasteiger partial charge in [-0.05, 0) is 39.2 Å². The number of aliphatic carboxylic acids is 1. The molecule has 4 aromatic carbocycles. The van der Waals surface area contributed by atoms with Gasteiger partial charge >= 0.3 is 5.97 Å². The zero-order valence-electron chi connectivity index (χ0n) is 22.7. The van der Waals surface area contributed by atoms with Gasteiger partial charge in [-0.1, -0.05) is 66.7 Å². The lowest BCUT2D eigenvalue weighted by Crippen LogP contribution is -2.47. The standard InChI is InChI=1S/C33H32N2O6/c36-30(20-25(21-31(37)38)27-11-5-9-22-6-3-4-10-26(22)27)34-29-19-24-8-2-1-7-23(24)18-28(29)32(39)35-14-12-33(13-15-35)40-16-17-41-33/h1-11,18-19,25H,12-17,20-21H2,(H,34,36)(H,37,38). The Morgan fingerprint density at radius 3 is 2.17 bits per heavy atom. The zero-order chi connectivity index (χ0) is 28.4. The molecule has 1 atom stereocenters. The number of nitrogens with zero attached hydrogens (tertiary/aromatic N) is 1. The third-order valence-corrected chi connectivity index (χ3v) is 8.13. The lowest BCUT2D eigenvalue weighted by Gasteiger charge is -2.37. The molecule has 2 saturated heterocycles. The Bertz CT molecular complexity index is 1610. The van der Waals surface area contributed by atoms with Gasteiger partial charge < -0.3 is 24.8 Å². The number of piperidine rings is 1. The Morgan fingerprint density at radius 2 is 1.46 bits per heavy atom. The van der Waals surface area contributed by atoms with Gasteiger partial charge in [0.1, 0.15) is 0 Å². The largest absolute Gasteiger partial charge is 0.481 e. The molecule has 1 spiro atoms. The number of benzene rings is 4. The van der Waals surface area contributed by atoms with Crippen LogP contribution in [0.2, 0.25) is 0 Å². The monoisotopic (exact) mass is 552 g/mol. The van der Waals surface area contributed by atoms with E-state index < -0.39 is 17.7 Å². The van der Waals surface area contributed by atoms with E-state index in [-0.39, 0.29) is 24.7 Å². The molecule has 0 aliphatic carbocycles. The molecule has 1 unspecified atom stereocenters. The van der Waals surface area contributed by atoms with Crippen LogP contribution in [-0.4, -0.2) is 59.9 Å². The number of anilines is 1. The van der Waals surface area contributed by atoms with Gasteiger partial charge in [-0.25, -0.2) is 0 Å². The van der Waals surface area contributed by atoms with Gasteiger partial charge in [0.15, 0.2) is 5.79 Å². The van der Waals surface area contributed by atoms with E-state index in [2.05, 4.69) is 5.32 Å². The second-order valence-corrected chi connectivity index (χ2v) is 10.8. The molecule has 2 fully saturated rings. The Labute approximate surface area is 237 Å². The van der Waals surface area contributed by atoms with Crippen LogP contribution in [0.25, 0.3) is 21.5 Å². The first-order valence-corrected chi connectivity index (χ1v) is 14.0. The Morgan fingerprint density at radius 1 is 0.829 bits per heavy atom. The van der Waals surface area contributed by atoms with Gasteiger partial charge in [-0.2, -0.15) is 0 Å². The molecule has 2 aliphatic heterocycles.